The number of hydrogen-bond acceptors (Lipinski definition) is 2. The predicted molar refractivity (Wildman–Crippen MR) is 49.3 cm³/mol. The van der Waals surface area contributed by atoms with E-state index in [0.717, 1.165) is 11.6 Å². The van der Waals surface area contributed by atoms with Crippen molar-refractivity contribution in [1.82, 2.24) is 14.8 Å². The first kappa shape index (κ1) is 11.1. The molecule has 1 aromatic rings. The van der Waals surface area contributed by atoms with E-state index in [9.17, 15) is 8.78 Å². The number of hydrogen-bond donors (Lipinski definition) is 0. The van der Waals surface area contributed by atoms with E-state index >= 15 is 0 Å². The fourth-order valence-electron chi connectivity index (χ4n) is 1.08. The maximum absolute atomic E-state index is 13.0. The highest BCUT2D eigenvalue weighted by molar-refractivity contribution is 5.06. The third-order valence-corrected chi connectivity index (χ3v) is 1.83. The second-order valence-corrected chi connectivity index (χ2v) is 4.52. The Morgan fingerprint density at radius 2 is 1.64 bits per heavy atom. The molecule has 0 aliphatic heterocycles. The quantitative estimate of drug-likeness (QED) is 0.700. The maximum Gasteiger partial charge on any atom is 0.303 e. The van der Waals surface area contributed by atoms with Gasteiger partial charge in [0.25, 0.3) is 0 Å². The summed E-state index contributed by atoms with van der Waals surface area (Å²) in [5.74, 6) is -2.79. The molecule has 80 valence electrons. The third kappa shape index (κ3) is 2.08. The van der Waals surface area contributed by atoms with Crippen LogP contribution in [0.2, 0.25) is 0 Å². The smallest absolute Gasteiger partial charge is 0.248 e. The molecule has 1 heterocycles. The largest absolute Gasteiger partial charge is 0.303 e. The van der Waals surface area contributed by atoms with Gasteiger partial charge in [0, 0.05) is 19.4 Å². The highest BCUT2D eigenvalue weighted by Crippen LogP contribution is 2.27. The van der Waals surface area contributed by atoms with Crippen LogP contribution in [-0.4, -0.2) is 14.8 Å². The van der Waals surface area contributed by atoms with Gasteiger partial charge in [-0.15, -0.1) is 0 Å². The summed E-state index contributed by atoms with van der Waals surface area (Å²) in [5, 5.41) is 3.97. The summed E-state index contributed by atoms with van der Waals surface area (Å²) >= 11 is 0. The van der Waals surface area contributed by atoms with Crippen LogP contribution in [0.1, 0.15) is 39.3 Å². The Morgan fingerprint density at radius 3 is 1.86 bits per heavy atom. The van der Waals surface area contributed by atoms with Gasteiger partial charge in [-0.25, -0.2) is 9.67 Å². The summed E-state index contributed by atoms with van der Waals surface area (Å²) in [7, 11) is 1.48. The molecule has 5 heteroatoms. The number of rotatable bonds is 1. The van der Waals surface area contributed by atoms with Crippen LogP contribution >= 0.6 is 0 Å². The lowest BCUT2D eigenvalue weighted by Gasteiger charge is -2.12. The van der Waals surface area contributed by atoms with Crippen molar-refractivity contribution in [1.29, 1.82) is 0 Å². The van der Waals surface area contributed by atoms with Crippen molar-refractivity contribution in [3.63, 3.8) is 0 Å². The SMILES string of the molecule is Cn1nc(C(C)(C)C)nc1C(C)(F)F. The molecule has 0 bridgehead atoms. The Morgan fingerprint density at radius 1 is 1.14 bits per heavy atom. The van der Waals surface area contributed by atoms with Crippen LogP contribution in [-0.2, 0) is 18.4 Å². The van der Waals surface area contributed by atoms with Gasteiger partial charge < -0.3 is 0 Å². The van der Waals surface area contributed by atoms with Crippen molar-refractivity contribution in [3.05, 3.63) is 11.6 Å². The highest BCUT2D eigenvalue weighted by Gasteiger charge is 2.33. The number of alkyl halides is 2. The van der Waals surface area contributed by atoms with Gasteiger partial charge >= 0.3 is 5.92 Å². The zero-order chi connectivity index (χ0) is 11.1. The van der Waals surface area contributed by atoms with Crippen LogP contribution in [0.3, 0.4) is 0 Å². The van der Waals surface area contributed by atoms with Gasteiger partial charge in [0.2, 0.25) is 0 Å². The van der Waals surface area contributed by atoms with Crippen LogP contribution < -0.4 is 0 Å². The molecule has 0 saturated heterocycles. The molecule has 0 aliphatic carbocycles. The standard InChI is InChI=1S/C9H15F2N3/c1-8(2,3)6-12-7(9(4,10)11)14(5)13-6/h1-5H3. The first-order valence-corrected chi connectivity index (χ1v) is 4.42. The number of nitrogens with zero attached hydrogens (tertiary/aromatic N) is 3. The second kappa shape index (κ2) is 3.00. The molecular weight excluding hydrogens is 188 g/mol. The van der Waals surface area contributed by atoms with Crippen LogP contribution in [0.15, 0.2) is 0 Å². The molecule has 0 amide bonds. The Labute approximate surface area is 82.1 Å². The van der Waals surface area contributed by atoms with Gasteiger partial charge in [0.05, 0.1) is 0 Å². The van der Waals surface area contributed by atoms with Gasteiger partial charge in [-0.3, -0.25) is 0 Å². The summed E-state index contributed by atoms with van der Waals surface area (Å²) < 4.78 is 27.1. The normalized spacial score (nSPS) is 13.4. The molecule has 1 rings (SSSR count). The molecule has 0 radical (unpaired) electrons. The average Bonchev–Trinajstić information content (AvgIpc) is 2.27. The number of aryl methyl sites for hydroxylation is 1. The van der Waals surface area contributed by atoms with Crippen molar-refractivity contribution in [2.24, 2.45) is 7.05 Å². The van der Waals surface area contributed by atoms with E-state index in [1.165, 1.54) is 7.05 Å². The fourth-order valence-corrected chi connectivity index (χ4v) is 1.08. The lowest BCUT2D eigenvalue weighted by Crippen LogP contribution is -2.15. The average molecular weight is 203 g/mol. The lowest BCUT2D eigenvalue weighted by atomic mass is 9.96. The monoisotopic (exact) mass is 203 g/mol. The van der Waals surface area contributed by atoms with E-state index in [4.69, 9.17) is 0 Å². The minimum atomic E-state index is -2.94. The lowest BCUT2D eigenvalue weighted by molar-refractivity contribution is 0.00401. The van der Waals surface area contributed by atoms with Crippen molar-refractivity contribution in [2.45, 2.75) is 39.0 Å². The topological polar surface area (TPSA) is 30.7 Å². The molecule has 0 saturated carbocycles. The summed E-state index contributed by atoms with van der Waals surface area (Å²) in [4.78, 5) is 3.85. The van der Waals surface area contributed by atoms with Gasteiger partial charge in [-0.2, -0.15) is 13.9 Å². The van der Waals surface area contributed by atoms with Crippen LogP contribution in [0.4, 0.5) is 8.78 Å². The molecule has 3 nitrogen and oxygen atoms in total. The van der Waals surface area contributed by atoms with E-state index in [2.05, 4.69) is 10.1 Å². The molecular formula is C9H15F2N3. The van der Waals surface area contributed by atoms with Crippen LogP contribution in [0, 0.1) is 0 Å². The van der Waals surface area contributed by atoms with E-state index in [-0.39, 0.29) is 11.2 Å². The molecule has 0 N–H and O–H groups in total. The molecule has 1 aromatic heterocycles. The molecule has 0 fully saturated rings. The summed E-state index contributed by atoms with van der Waals surface area (Å²) in [5.41, 5.74) is -0.304. The van der Waals surface area contributed by atoms with Gasteiger partial charge in [-0.05, 0) is 0 Å². The fraction of sp³-hybridized carbons (Fsp3) is 0.778. The van der Waals surface area contributed by atoms with Gasteiger partial charge in [0.15, 0.2) is 11.6 Å². The minimum Gasteiger partial charge on any atom is -0.248 e. The van der Waals surface area contributed by atoms with Crippen LogP contribution in [0.5, 0.6) is 0 Å². The van der Waals surface area contributed by atoms with Crippen molar-refractivity contribution < 1.29 is 8.78 Å². The predicted octanol–water partition coefficient (Wildman–Crippen LogP) is 2.22. The first-order chi connectivity index (χ1) is 6.12. The van der Waals surface area contributed by atoms with E-state index in [1.807, 2.05) is 20.8 Å². The van der Waals surface area contributed by atoms with Crippen LogP contribution in [0.25, 0.3) is 0 Å². The summed E-state index contributed by atoms with van der Waals surface area (Å²) in [6, 6.07) is 0. The Bertz CT molecular complexity index is 331. The molecule has 0 unspecified atom stereocenters. The summed E-state index contributed by atoms with van der Waals surface area (Å²) in [6.45, 7) is 6.49. The van der Waals surface area contributed by atoms with E-state index in [0.29, 0.717) is 5.82 Å². The van der Waals surface area contributed by atoms with E-state index < -0.39 is 5.92 Å². The van der Waals surface area contributed by atoms with Crippen molar-refractivity contribution in [2.75, 3.05) is 0 Å². The first-order valence-electron chi connectivity index (χ1n) is 4.42. The van der Waals surface area contributed by atoms with Crippen molar-refractivity contribution in [3.8, 4) is 0 Å². The second-order valence-electron chi connectivity index (χ2n) is 4.52. The third-order valence-electron chi connectivity index (χ3n) is 1.83. The zero-order valence-electron chi connectivity index (χ0n) is 9.10. The maximum atomic E-state index is 13.0. The van der Waals surface area contributed by atoms with Crippen molar-refractivity contribution >= 4 is 0 Å². The Kier molecular flexibility index (Phi) is 2.37. The molecule has 0 spiro atoms. The molecule has 14 heavy (non-hydrogen) atoms. The zero-order valence-corrected chi connectivity index (χ0v) is 9.10. The van der Waals surface area contributed by atoms with E-state index in [1.54, 1.807) is 0 Å². The van der Waals surface area contributed by atoms with Gasteiger partial charge in [-0.1, -0.05) is 20.8 Å². The Hall–Kier alpha value is -1.00. The highest BCUT2D eigenvalue weighted by atomic mass is 19.3. The Balaban J connectivity index is 3.19. The summed E-state index contributed by atoms with van der Waals surface area (Å²) in [6.07, 6.45) is 0. The molecule has 0 aliphatic rings. The minimum absolute atomic E-state index is 0.289. The molecule has 0 atom stereocenters. The number of aromatic nitrogens is 3. The molecule has 0 aromatic carbocycles. The number of halogens is 2. The van der Waals surface area contributed by atoms with Gasteiger partial charge in [0.1, 0.15) is 0 Å².